The van der Waals surface area contributed by atoms with Gasteiger partial charge >= 0.3 is 0 Å². The molecule has 0 aliphatic carbocycles. The van der Waals surface area contributed by atoms with Crippen LogP contribution in [0.25, 0.3) is 5.82 Å². The summed E-state index contributed by atoms with van der Waals surface area (Å²) in [5.74, 6) is 0.199. The van der Waals surface area contributed by atoms with Crippen molar-refractivity contribution in [2.45, 2.75) is 6.92 Å². The second-order valence-electron chi connectivity index (χ2n) is 4.64. The number of carbonyl (C=O) groups excluding carboxylic acids is 1. The molecule has 0 bridgehead atoms. The number of benzene rings is 1. The summed E-state index contributed by atoms with van der Waals surface area (Å²) in [5.41, 5.74) is 1.78. The van der Waals surface area contributed by atoms with Gasteiger partial charge in [-0.3, -0.25) is 4.79 Å². The van der Waals surface area contributed by atoms with E-state index in [1.165, 1.54) is 0 Å². The molecule has 0 fully saturated rings. The predicted molar refractivity (Wildman–Crippen MR) is 83.3 cm³/mol. The molecule has 22 heavy (non-hydrogen) atoms. The fraction of sp³-hybridized carbons (Fsp3) is 0.0667. The number of nitrogens with one attached hydrogen (secondary N) is 1. The second kappa shape index (κ2) is 5.95. The third kappa shape index (κ3) is 2.96. The number of rotatable bonds is 3. The first-order valence-corrected chi connectivity index (χ1v) is 6.92. The molecule has 1 amide bonds. The van der Waals surface area contributed by atoms with Crippen LogP contribution in [0.2, 0.25) is 5.02 Å². The molecule has 0 unspecified atom stereocenters. The summed E-state index contributed by atoms with van der Waals surface area (Å²) in [5, 5.41) is 15.3. The summed E-state index contributed by atoms with van der Waals surface area (Å²) in [4.78, 5) is 12.2. The average molecular weight is 314 g/mol. The minimum absolute atomic E-state index is 0.218. The number of aryl methyl sites for hydroxylation is 1. The number of amides is 1. The van der Waals surface area contributed by atoms with Gasteiger partial charge in [-0.25, -0.2) is 4.68 Å². The molecule has 1 N–H and O–H groups in total. The summed E-state index contributed by atoms with van der Waals surface area (Å²) in [6.45, 7) is 1.89. The first-order chi connectivity index (χ1) is 10.6. The Balaban J connectivity index is 1.79. The largest absolute Gasteiger partial charge is 0.320 e. The smallest absolute Gasteiger partial charge is 0.276 e. The second-order valence-corrected chi connectivity index (χ2v) is 5.08. The highest BCUT2D eigenvalue weighted by molar-refractivity contribution is 6.31. The number of nitrogens with zero attached hydrogens (tertiary/aromatic N) is 4. The van der Waals surface area contributed by atoms with E-state index in [1.54, 1.807) is 47.4 Å². The fourth-order valence-corrected chi connectivity index (χ4v) is 2.06. The molecule has 0 saturated carbocycles. The van der Waals surface area contributed by atoms with Crippen molar-refractivity contribution < 1.29 is 4.79 Å². The van der Waals surface area contributed by atoms with E-state index in [1.807, 2.05) is 13.0 Å². The number of halogens is 1. The fourth-order valence-electron chi connectivity index (χ4n) is 1.89. The van der Waals surface area contributed by atoms with E-state index in [2.05, 4.69) is 20.6 Å². The highest BCUT2D eigenvalue weighted by atomic mass is 35.5. The number of hydrogen-bond donors (Lipinski definition) is 1. The van der Waals surface area contributed by atoms with Crippen molar-refractivity contribution in [3.8, 4) is 5.82 Å². The highest BCUT2D eigenvalue weighted by Crippen LogP contribution is 2.20. The Bertz CT molecular complexity index is 799. The standard InChI is InChI=1S/C15H12ClN5O/c1-10-3-4-11(16)9-13(10)18-15(22)12-5-6-14(20-19-12)21-8-2-7-17-21/h2-9H,1H3,(H,18,22). The molecule has 2 heterocycles. The average Bonchev–Trinajstić information content (AvgIpc) is 3.05. The maximum Gasteiger partial charge on any atom is 0.276 e. The molecule has 0 radical (unpaired) electrons. The van der Waals surface area contributed by atoms with E-state index < -0.39 is 0 Å². The van der Waals surface area contributed by atoms with Gasteiger partial charge in [-0.2, -0.15) is 5.10 Å². The lowest BCUT2D eigenvalue weighted by Crippen LogP contribution is -2.15. The minimum atomic E-state index is -0.343. The molecule has 0 aliphatic rings. The van der Waals surface area contributed by atoms with Gasteiger partial charge in [0.2, 0.25) is 0 Å². The van der Waals surface area contributed by atoms with Gasteiger partial charge in [0.25, 0.3) is 5.91 Å². The minimum Gasteiger partial charge on any atom is -0.320 e. The number of carbonyl (C=O) groups is 1. The van der Waals surface area contributed by atoms with Crippen LogP contribution in [-0.2, 0) is 0 Å². The molecule has 6 nitrogen and oxygen atoms in total. The predicted octanol–water partition coefficient (Wildman–Crippen LogP) is 2.88. The van der Waals surface area contributed by atoms with E-state index in [9.17, 15) is 4.79 Å². The van der Waals surface area contributed by atoms with Gasteiger partial charge in [0.1, 0.15) is 0 Å². The van der Waals surface area contributed by atoms with E-state index in [-0.39, 0.29) is 11.6 Å². The van der Waals surface area contributed by atoms with Gasteiger partial charge in [-0.05, 0) is 42.8 Å². The summed E-state index contributed by atoms with van der Waals surface area (Å²) < 4.78 is 1.57. The van der Waals surface area contributed by atoms with Gasteiger partial charge in [-0.1, -0.05) is 17.7 Å². The molecule has 0 atom stereocenters. The van der Waals surface area contributed by atoms with Crippen LogP contribution < -0.4 is 5.32 Å². The van der Waals surface area contributed by atoms with Crippen LogP contribution in [-0.4, -0.2) is 25.9 Å². The maximum atomic E-state index is 12.2. The van der Waals surface area contributed by atoms with Crippen LogP contribution in [0.3, 0.4) is 0 Å². The molecule has 3 rings (SSSR count). The molecule has 7 heteroatoms. The Labute approximate surface area is 131 Å². The molecule has 0 spiro atoms. The van der Waals surface area contributed by atoms with E-state index in [0.29, 0.717) is 16.5 Å². The SMILES string of the molecule is Cc1ccc(Cl)cc1NC(=O)c1ccc(-n2cccn2)nn1. The van der Waals surface area contributed by atoms with E-state index in [4.69, 9.17) is 11.6 Å². The number of aromatic nitrogens is 4. The Kier molecular flexibility index (Phi) is 3.84. The lowest BCUT2D eigenvalue weighted by molar-refractivity contribution is 0.102. The molecule has 0 aliphatic heterocycles. The quantitative estimate of drug-likeness (QED) is 0.807. The third-order valence-corrected chi connectivity index (χ3v) is 3.31. The third-order valence-electron chi connectivity index (χ3n) is 3.07. The van der Waals surface area contributed by atoms with Gasteiger partial charge in [0.15, 0.2) is 11.5 Å². The Morgan fingerprint density at radius 1 is 1.23 bits per heavy atom. The van der Waals surface area contributed by atoms with Gasteiger partial charge in [0, 0.05) is 23.1 Å². The molecule has 1 aromatic carbocycles. The Morgan fingerprint density at radius 3 is 2.77 bits per heavy atom. The van der Waals surface area contributed by atoms with Crippen LogP contribution in [0, 0.1) is 6.92 Å². The van der Waals surface area contributed by atoms with Crippen LogP contribution in [0.15, 0.2) is 48.8 Å². The van der Waals surface area contributed by atoms with Crippen molar-refractivity contribution >= 4 is 23.2 Å². The topological polar surface area (TPSA) is 72.7 Å². The first kappa shape index (κ1) is 14.2. The molecular weight excluding hydrogens is 302 g/mol. The lowest BCUT2D eigenvalue weighted by atomic mass is 10.2. The van der Waals surface area contributed by atoms with Crippen molar-refractivity contribution in [1.82, 2.24) is 20.0 Å². The van der Waals surface area contributed by atoms with Crippen molar-refractivity contribution in [2.75, 3.05) is 5.32 Å². The zero-order chi connectivity index (χ0) is 15.5. The molecule has 2 aromatic heterocycles. The van der Waals surface area contributed by atoms with E-state index >= 15 is 0 Å². The number of anilines is 1. The highest BCUT2D eigenvalue weighted by Gasteiger charge is 2.11. The lowest BCUT2D eigenvalue weighted by Gasteiger charge is -2.08. The van der Waals surface area contributed by atoms with E-state index in [0.717, 1.165) is 5.56 Å². The van der Waals surface area contributed by atoms with Crippen molar-refractivity contribution in [3.05, 3.63) is 65.1 Å². The van der Waals surface area contributed by atoms with Gasteiger partial charge in [0.05, 0.1) is 0 Å². The molecule has 110 valence electrons. The van der Waals surface area contributed by atoms with Crippen LogP contribution in [0.5, 0.6) is 0 Å². The Hall–Kier alpha value is -2.73. The summed E-state index contributed by atoms with van der Waals surface area (Å²) in [7, 11) is 0. The van der Waals surface area contributed by atoms with Gasteiger partial charge in [-0.15, -0.1) is 10.2 Å². The molecule has 3 aromatic rings. The van der Waals surface area contributed by atoms with Crippen molar-refractivity contribution in [3.63, 3.8) is 0 Å². The normalized spacial score (nSPS) is 10.5. The Morgan fingerprint density at radius 2 is 2.09 bits per heavy atom. The van der Waals surface area contributed by atoms with Crippen LogP contribution in [0.1, 0.15) is 16.1 Å². The zero-order valence-corrected chi connectivity index (χ0v) is 12.4. The van der Waals surface area contributed by atoms with Crippen LogP contribution in [0.4, 0.5) is 5.69 Å². The monoisotopic (exact) mass is 313 g/mol. The van der Waals surface area contributed by atoms with Gasteiger partial charge < -0.3 is 5.32 Å². The maximum absolute atomic E-state index is 12.2. The van der Waals surface area contributed by atoms with Crippen LogP contribution >= 0.6 is 11.6 Å². The summed E-state index contributed by atoms with van der Waals surface area (Å²) in [6.07, 6.45) is 3.39. The summed E-state index contributed by atoms with van der Waals surface area (Å²) >= 11 is 5.94. The van der Waals surface area contributed by atoms with Crippen molar-refractivity contribution in [1.29, 1.82) is 0 Å². The first-order valence-electron chi connectivity index (χ1n) is 6.55. The molecule has 0 saturated heterocycles. The summed E-state index contributed by atoms with van der Waals surface area (Å²) in [6, 6.07) is 10.4. The number of hydrogen-bond acceptors (Lipinski definition) is 4. The zero-order valence-electron chi connectivity index (χ0n) is 11.7. The van der Waals surface area contributed by atoms with Crippen molar-refractivity contribution in [2.24, 2.45) is 0 Å². The molecular formula is C15H12ClN5O.